The Hall–Kier alpha value is -3.80. The molecule has 5 atom stereocenters. The molecule has 1 saturated heterocycles. The van der Waals surface area contributed by atoms with Crippen molar-refractivity contribution in [2.75, 3.05) is 23.8 Å². The monoisotopic (exact) mass is 508 g/mol. The second-order valence-electron chi connectivity index (χ2n) is 10.9. The van der Waals surface area contributed by atoms with E-state index >= 15 is 0 Å². The number of rotatable bonds is 4. The van der Waals surface area contributed by atoms with E-state index in [9.17, 15) is 9.59 Å². The summed E-state index contributed by atoms with van der Waals surface area (Å²) in [5.74, 6) is 0.290. The first kappa shape index (κ1) is 24.5. The summed E-state index contributed by atoms with van der Waals surface area (Å²) in [6.45, 7) is 0.745. The van der Waals surface area contributed by atoms with Crippen LogP contribution in [0.3, 0.4) is 0 Å². The number of anilines is 2. The van der Waals surface area contributed by atoms with Crippen LogP contribution in [0.5, 0.6) is 0 Å². The molecule has 2 heterocycles. The van der Waals surface area contributed by atoms with E-state index in [-0.39, 0.29) is 36.0 Å². The molecule has 0 aromatic heterocycles. The second kappa shape index (κ2) is 10.5. The van der Waals surface area contributed by atoms with E-state index in [1.807, 2.05) is 30.3 Å². The average molecular weight is 509 g/mol. The van der Waals surface area contributed by atoms with Crippen molar-refractivity contribution in [3.8, 4) is 0 Å². The quantitative estimate of drug-likeness (QED) is 0.444. The van der Waals surface area contributed by atoms with Crippen LogP contribution < -0.4 is 15.5 Å². The zero-order valence-electron chi connectivity index (χ0n) is 21.9. The lowest BCUT2D eigenvalue weighted by Gasteiger charge is -2.42. The van der Waals surface area contributed by atoms with Crippen molar-refractivity contribution in [3.63, 3.8) is 0 Å². The van der Waals surface area contributed by atoms with Crippen molar-refractivity contribution >= 4 is 23.3 Å². The number of hydrogen-bond donors (Lipinski definition) is 2. The van der Waals surface area contributed by atoms with Gasteiger partial charge in [-0.25, -0.2) is 4.79 Å². The summed E-state index contributed by atoms with van der Waals surface area (Å²) in [6.07, 6.45) is 4.65. The number of amides is 3. The van der Waals surface area contributed by atoms with Crippen molar-refractivity contribution in [3.05, 3.63) is 96.1 Å². The molecule has 1 saturated carbocycles. The lowest BCUT2D eigenvalue weighted by atomic mass is 9.79. The Kier molecular flexibility index (Phi) is 6.79. The highest BCUT2D eigenvalue weighted by atomic mass is 16.2. The maximum Gasteiger partial charge on any atom is 0.321 e. The summed E-state index contributed by atoms with van der Waals surface area (Å²) in [5.41, 5.74) is 4.42. The van der Waals surface area contributed by atoms with Crippen LogP contribution in [0, 0.1) is 11.8 Å². The molecule has 3 amide bonds. The number of hydrogen-bond acceptors (Lipinski definition) is 3. The standard InChI is InChI=1S/C32H36N4O2/c1-35(23-14-6-3-7-15-23)32(38)34-28-19-11-9-17-25(28)31(37)36-21-20-26-29(22-12-4-2-5-13-22)33-27-18-10-8-16-24(27)30(26)36/h2-8,10,12-16,18,25-26,28-30,33H,9,11,17,19-21H2,1H3,(H,34,38)/t25-,26+,28+,29-,30-/m0/s1. The van der Waals surface area contributed by atoms with Gasteiger partial charge in [-0.3, -0.25) is 9.69 Å². The molecule has 3 aromatic rings. The Labute approximate surface area is 225 Å². The molecule has 6 nitrogen and oxygen atoms in total. The second-order valence-corrected chi connectivity index (χ2v) is 10.9. The molecular formula is C32H36N4O2. The minimum Gasteiger partial charge on any atom is -0.378 e. The predicted molar refractivity (Wildman–Crippen MR) is 151 cm³/mol. The minimum atomic E-state index is -0.201. The molecule has 38 heavy (non-hydrogen) atoms. The van der Waals surface area contributed by atoms with E-state index in [1.165, 1.54) is 11.1 Å². The summed E-state index contributed by atoms with van der Waals surface area (Å²) >= 11 is 0. The van der Waals surface area contributed by atoms with Crippen molar-refractivity contribution in [1.82, 2.24) is 10.2 Å². The minimum absolute atomic E-state index is 0.0374. The van der Waals surface area contributed by atoms with Gasteiger partial charge in [0.25, 0.3) is 0 Å². The van der Waals surface area contributed by atoms with E-state index in [1.54, 1.807) is 11.9 Å². The molecule has 0 spiro atoms. The number of para-hydroxylation sites is 2. The van der Waals surface area contributed by atoms with Gasteiger partial charge in [-0.05, 0) is 48.6 Å². The fraction of sp³-hybridized carbons (Fsp3) is 0.375. The molecule has 0 radical (unpaired) electrons. The van der Waals surface area contributed by atoms with Gasteiger partial charge in [0.05, 0.1) is 18.0 Å². The number of nitrogens with zero attached hydrogens (tertiary/aromatic N) is 2. The van der Waals surface area contributed by atoms with Gasteiger partial charge in [-0.2, -0.15) is 0 Å². The number of fused-ring (bicyclic) bond motifs is 3. The molecule has 196 valence electrons. The number of carbonyl (C=O) groups excluding carboxylic acids is 2. The maximum atomic E-state index is 14.3. The molecule has 3 aliphatic rings. The maximum absolute atomic E-state index is 14.3. The zero-order chi connectivity index (χ0) is 26.1. The first-order valence-electron chi connectivity index (χ1n) is 13.9. The lowest BCUT2D eigenvalue weighted by molar-refractivity contribution is -0.138. The molecule has 0 bridgehead atoms. The van der Waals surface area contributed by atoms with E-state index in [0.717, 1.165) is 50.0 Å². The molecule has 2 fully saturated rings. The van der Waals surface area contributed by atoms with E-state index < -0.39 is 0 Å². The Bertz CT molecular complexity index is 1280. The molecular weight excluding hydrogens is 472 g/mol. The number of benzene rings is 3. The fourth-order valence-corrected chi connectivity index (χ4v) is 6.80. The van der Waals surface area contributed by atoms with Crippen molar-refractivity contribution in [1.29, 1.82) is 0 Å². The SMILES string of the molecule is CN(C(=O)N[C@@H]1CCCC[C@@H]1C(=O)N1CC[C@@H]2[C@H](c3ccccc3)Nc3ccccc3[C@@H]21)c1ccccc1. The highest BCUT2D eigenvalue weighted by molar-refractivity contribution is 5.92. The van der Waals surface area contributed by atoms with Crippen LogP contribution in [-0.4, -0.2) is 36.5 Å². The predicted octanol–water partition coefficient (Wildman–Crippen LogP) is 6.15. The number of urea groups is 1. The fourth-order valence-electron chi connectivity index (χ4n) is 6.80. The molecule has 6 rings (SSSR count). The van der Waals surface area contributed by atoms with Crippen LogP contribution in [0.15, 0.2) is 84.9 Å². The van der Waals surface area contributed by atoms with Gasteiger partial charge in [0.15, 0.2) is 0 Å². The first-order chi connectivity index (χ1) is 18.6. The number of nitrogens with one attached hydrogen (secondary N) is 2. The molecule has 0 unspecified atom stereocenters. The van der Waals surface area contributed by atoms with Crippen LogP contribution in [0.4, 0.5) is 16.2 Å². The Morgan fingerprint density at radius 2 is 1.55 bits per heavy atom. The van der Waals surface area contributed by atoms with Crippen molar-refractivity contribution < 1.29 is 9.59 Å². The Balaban J connectivity index is 1.25. The molecule has 1 aliphatic carbocycles. The molecule has 2 aliphatic heterocycles. The third kappa shape index (κ3) is 4.53. The van der Waals surface area contributed by atoms with Crippen LogP contribution in [-0.2, 0) is 4.79 Å². The molecule has 3 aromatic carbocycles. The van der Waals surface area contributed by atoms with Gasteiger partial charge >= 0.3 is 6.03 Å². The van der Waals surface area contributed by atoms with Gasteiger partial charge in [-0.15, -0.1) is 0 Å². The van der Waals surface area contributed by atoms with E-state index in [2.05, 4.69) is 70.1 Å². The first-order valence-corrected chi connectivity index (χ1v) is 13.9. The summed E-state index contributed by atoms with van der Waals surface area (Å²) in [6, 6.07) is 28.6. The highest BCUT2D eigenvalue weighted by Crippen LogP contribution is 2.51. The number of carbonyl (C=O) groups is 2. The topological polar surface area (TPSA) is 64.7 Å². The Morgan fingerprint density at radius 1 is 0.868 bits per heavy atom. The van der Waals surface area contributed by atoms with E-state index in [4.69, 9.17) is 0 Å². The summed E-state index contributed by atoms with van der Waals surface area (Å²) < 4.78 is 0. The molecule has 2 N–H and O–H groups in total. The van der Waals surface area contributed by atoms with Crippen LogP contribution >= 0.6 is 0 Å². The molecule has 6 heteroatoms. The van der Waals surface area contributed by atoms with Crippen LogP contribution in [0.2, 0.25) is 0 Å². The van der Waals surface area contributed by atoms with Gasteiger partial charge in [-0.1, -0.05) is 79.6 Å². The largest absolute Gasteiger partial charge is 0.378 e. The lowest BCUT2D eigenvalue weighted by Crippen LogP contribution is -2.52. The van der Waals surface area contributed by atoms with Gasteiger partial charge in [0.2, 0.25) is 5.91 Å². The third-order valence-corrected chi connectivity index (χ3v) is 8.75. The smallest absolute Gasteiger partial charge is 0.321 e. The van der Waals surface area contributed by atoms with E-state index in [0.29, 0.717) is 5.92 Å². The van der Waals surface area contributed by atoms with Gasteiger partial charge in [0, 0.05) is 36.9 Å². The van der Waals surface area contributed by atoms with Crippen molar-refractivity contribution in [2.45, 2.75) is 50.2 Å². The summed E-state index contributed by atoms with van der Waals surface area (Å²) in [7, 11) is 1.78. The van der Waals surface area contributed by atoms with Gasteiger partial charge < -0.3 is 15.5 Å². The number of likely N-dealkylation sites (tertiary alicyclic amines) is 1. The highest BCUT2D eigenvalue weighted by Gasteiger charge is 2.48. The van der Waals surface area contributed by atoms with Gasteiger partial charge in [0.1, 0.15) is 0 Å². The summed E-state index contributed by atoms with van der Waals surface area (Å²) in [5, 5.41) is 7.01. The Morgan fingerprint density at radius 3 is 2.34 bits per heavy atom. The van der Waals surface area contributed by atoms with Crippen molar-refractivity contribution in [2.24, 2.45) is 11.8 Å². The summed E-state index contributed by atoms with van der Waals surface area (Å²) in [4.78, 5) is 31.2. The third-order valence-electron chi connectivity index (χ3n) is 8.75. The van der Waals surface area contributed by atoms with Crippen LogP contribution in [0.25, 0.3) is 0 Å². The van der Waals surface area contributed by atoms with Crippen LogP contribution in [0.1, 0.15) is 55.3 Å². The normalized spacial score (nSPS) is 26.0. The zero-order valence-corrected chi connectivity index (χ0v) is 21.9. The average Bonchev–Trinajstić information content (AvgIpc) is 3.43.